The zero-order chi connectivity index (χ0) is 79.3. The molecule has 0 radical (unpaired) electrons. The molecular formula is C69H107N21O16. The van der Waals surface area contributed by atoms with Gasteiger partial charge in [-0.3, -0.25) is 72.1 Å². The van der Waals surface area contributed by atoms with E-state index in [1.165, 1.54) is 19.4 Å². The van der Waals surface area contributed by atoms with Gasteiger partial charge in [-0.1, -0.05) is 102 Å². The summed E-state index contributed by atoms with van der Waals surface area (Å²) in [5, 5.41) is 37.7. The molecule has 0 aliphatic rings. The Bertz CT molecular complexity index is 3470. The van der Waals surface area contributed by atoms with Gasteiger partial charge >= 0.3 is 5.97 Å². The molecule has 27 N–H and O–H groups in total. The third-order valence-corrected chi connectivity index (χ3v) is 16.6. The molecule has 2 aromatic carbocycles. The minimum absolute atomic E-state index is 0.0275. The zero-order valence-electron chi connectivity index (χ0n) is 60.9. The summed E-state index contributed by atoms with van der Waals surface area (Å²) in [4.78, 5) is 216. The van der Waals surface area contributed by atoms with E-state index in [9.17, 15) is 77.0 Å². The number of aliphatic carboxylic acids is 1. The molecule has 0 aliphatic heterocycles. The standard InChI is InChI=1S/C69H107N21O16/c1-36(2)29-47(63(100)82-45(23-25-52(72)91)59(96)87-51(33-54(74)93)62(99)80-39(7)57(94)84-50(32-42-34-77-35-79-42)66(103)81-44(22-14-15-27-70)60(97)90-56(38(5)6)68(105)106)86-65(102)49(31-41-19-12-9-13-20-41)88-67(104)55(37(3)4)89-61(98)46(24-26-53(73)92)83-64(101)48(30-40-17-10-8-11-18-40)85-58(95)43(71)21-16-28-78-69(75)76/h8-13,17-20,34-39,43-51,55-56H,14-16,21-33,70-71H2,1-7H3,(H2,72,91)(H2,73,92)(H2,74,93)(H,77,79)(H,80,99)(H,81,103)(H,82,100)(H,83,101)(H,84,94)(H,85,95)(H,86,102)(H,87,96)(H,88,104)(H,89,98)(H,90,97)(H,105,106)(H4,75,76,78)/t39-,43-,44-,45-,46-,47-,48-,49-,50-,51-,55-,56-/m0/s1. The number of carbonyl (C=O) groups is 15. The molecule has 0 spiro atoms. The Kier molecular flexibility index (Phi) is 38.6. The number of rotatable bonds is 49. The first-order valence-corrected chi connectivity index (χ1v) is 35.0. The van der Waals surface area contributed by atoms with E-state index in [2.05, 4.69) is 73.4 Å². The summed E-state index contributed by atoms with van der Waals surface area (Å²) in [6.45, 7) is 11.3. The molecule has 0 unspecified atom stereocenters. The number of benzene rings is 2. The highest BCUT2D eigenvalue weighted by Gasteiger charge is 2.38. The fourth-order valence-electron chi connectivity index (χ4n) is 10.7. The van der Waals surface area contributed by atoms with E-state index >= 15 is 0 Å². The first-order chi connectivity index (χ1) is 50.0. The molecule has 3 rings (SSSR count). The molecular weight excluding hydrogens is 1380 g/mol. The molecule has 3 aromatic rings. The fraction of sp³-hybridized carbons (Fsp3) is 0.551. The Morgan fingerprint density at radius 2 is 0.858 bits per heavy atom. The summed E-state index contributed by atoms with van der Waals surface area (Å²) >= 11 is 0. The minimum atomic E-state index is -1.87. The number of hydrogen-bond acceptors (Lipinski definition) is 19. The van der Waals surface area contributed by atoms with Gasteiger partial charge in [0, 0.05) is 50.5 Å². The lowest BCUT2D eigenvalue weighted by molar-refractivity contribution is -0.143. The van der Waals surface area contributed by atoms with Crippen LogP contribution in [0.3, 0.4) is 0 Å². The number of primary amides is 3. The largest absolute Gasteiger partial charge is 0.480 e. The molecule has 37 nitrogen and oxygen atoms in total. The number of H-pyrrole nitrogens is 1. The SMILES string of the molecule is CC(C)C[C@H](NC(=O)[C@H](Cc1ccccc1)NC(=O)[C@@H](NC(=O)[C@H](CCC(N)=O)NC(=O)[C@H](Cc1ccccc1)NC(=O)[C@@H](N)CCCN=C(N)N)C(C)C)C(=O)N[C@@H](CCC(N)=O)C(=O)N[C@@H](CC(N)=O)C(=O)N[C@@H](C)C(=O)N[C@@H](Cc1cnc[nH]1)C(=O)N[C@@H](CCCCN)C(=O)N[C@H](C(=O)O)C(C)C. The van der Waals surface area contributed by atoms with Crippen molar-refractivity contribution in [3.63, 3.8) is 0 Å². The van der Waals surface area contributed by atoms with Crippen LogP contribution >= 0.6 is 0 Å². The Morgan fingerprint density at radius 1 is 0.443 bits per heavy atom. The van der Waals surface area contributed by atoms with E-state index in [0.717, 1.165) is 0 Å². The lowest BCUT2D eigenvalue weighted by Crippen LogP contribution is -2.61. The summed E-state index contributed by atoms with van der Waals surface area (Å²) in [6.07, 6.45) is 0.533. The van der Waals surface area contributed by atoms with Crippen LogP contribution in [-0.4, -0.2) is 195 Å². The van der Waals surface area contributed by atoms with Gasteiger partial charge in [-0.2, -0.15) is 0 Å². The van der Waals surface area contributed by atoms with Crippen LogP contribution in [0, 0.1) is 17.8 Å². The molecule has 0 aliphatic carbocycles. The number of nitrogens with two attached hydrogens (primary N) is 7. The van der Waals surface area contributed by atoms with Crippen molar-refractivity contribution in [3.8, 4) is 0 Å². The van der Waals surface area contributed by atoms with Gasteiger partial charge in [0.2, 0.25) is 82.7 Å². The first kappa shape index (κ1) is 89.1. The summed E-state index contributed by atoms with van der Waals surface area (Å²) in [5.41, 5.74) is 40.7. The van der Waals surface area contributed by atoms with Gasteiger partial charge in [0.05, 0.1) is 18.8 Å². The average Bonchev–Trinajstić information content (AvgIpc) is 0.984. The maximum atomic E-state index is 14.8. The van der Waals surface area contributed by atoms with Gasteiger partial charge < -0.3 is 109 Å². The van der Waals surface area contributed by atoms with Crippen molar-refractivity contribution in [1.82, 2.24) is 68.5 Å². The second-order valence-electron chi connectivity index (χ2n) is 26.8. The first-order valence-electron chi connectivity index (χ1n) is 35.0. The third kappa shape index (κ3) is 33.1. The molecule has 1 aromatic heterocycles. The van der Waals surface area contributed by atoms with Crippen LogP contribution < -0.4 is 98.6 Å². The molecule has 584 valence electrons. The number of carboxylic acids is 1. The number of guanidine groups is 1. The van der Waals surface area contributed by atoms with Crippen molar-refractivity contribution in [2.45, 2.75) is 211 Å². The second-order valence-corrected chi connectivity index (χ2v) is 26.8. The van der Waals surface area contributed by atoms with Crippen molar-refractivity contribution in [2.24, 2.45) is 62.9 Å². The second kappa shape index (κ2) is 45.9. The van der Waals surface area contributed by atoms with Gasteiger partial charge in [-0.25, -0.2) is 9.78 Å². The summed E-state index contributed by atoms with van der Waals surface area (Å²) in [7, 11) is 0. The number of imidazole rings is 1. The van der Waals surface area contributed by atoms with Crippen molar-refractivity contribution in [3.05, 3.63) is 90.0 Å². The number of aromatic amines is 1. The lowest BCUT2D eigenvalue weighted by atomic mass is 9.98. The third-order valence-electron chi connectivity index (χ3n) is 16.6. The lowest BCUT2D eigenvalue weighted by Gasteiger charge is -2.29. The van der Waals surface area contributed by atoms with Crippen LogP contribution in [0.15, 0.2) is 78.2 Å². The van der Waals surface area contributed by atoms with E-state index < -0.39 is 199 Å². The smallest absolute Gasteiger partial charge is 0.326 e. The normalized spacial score (nSPS) is 14.5. The quantitative estimate of drug-likeness (QED) is 0.0143. The summed E-state index contributed by atoms with van der Waals surface area (Å²) < 4.78 is 0. The molecule has 106 heavy (non-hydrogen) atoms. The van der Waals surface area contributed by atoms with Crippen LogP contribution in [0.2, 0.25) is 0 Å². The van der Waals surface area contributed by atoms with E-state index in [4.69, 9.17) is 40.1 Å². The van der Waals surface area contributed by atoms with Crippen molar-refractivity contribution >= 4 is 94.6 Å². The predicted molar refractivity (Wildman–Crippen MR) is 388 cm³/mol. The zero-order valence-corrected chi connectivity index (χ0v) is 60.9. The molecule has 37 heteroatoms. The summed E-state index contributed by atoms with van der Waals surface area (Å²) in [6, 6.07) is -0.802. The molecule has 1 heterocycles. The van der Waals surface area contributed by atoms with Gasteiger partial charge in [0.1, 0.15) is 66.5 Å². The number of carboxylic acid groups (broad SMARTS) is 1. The van der Waals surface area contributed by atoms with Crippen molar-refractivity contribution < 1.29 is 77.0 Å². The van der Waals surface area contributed by atoms with E-state index in [1.807, 2.05) is 0 Å². The van der Waals surface area contributed by atoms with Gasteiger partial charge in [-0.05, 0) is 93.7 Å². The average molecular weight is 1490 g/mol. The van der Waals surface area contributed by atoms with Crippen LogP contribution in [0.1, 0.15) is 136 Å². The number of hydrogen-bond donors (Lipinski definition) is 20. The minimum Gasteiger partial charge on any atom is -0.480 e. The Balaban J connectivity index is 1.93. The fourth-order valence-corrected chi connectivity index (χ4v) is 10.7. The van der Waals surface area contributed by atoms with Crippen LogP contribution in [-0.2, 0) is 91.2 Å². The number of nitrogens with zero attached hydrogens (tertiary/aromatic N) is 2. The topological polar surface area (TPSA) is 632 Å². The Morgan fingerprint density at radius 3 is 1.30 bits per heavy atom. The van der Waals surface area contributed by atoms with Gasteiger partial charge in [0.25, 0.3) is 0 Å². The van der Waals surface area contributed by atoms with Crippen molar-refractivity contribution in [2.75, 3.05) is 13.1 Å². The number of aliphatic imine (C=N–C) groups is 1. The maximum absolute atomic E-state index is 14.8. The molecule has 0 bridgehead atoms. The molecule has 0 saturated carbocycles. The monoisotopic (exact) mass is 1490 g/mol. The van der Waals surface area contributed by atoms with E-state index in [-0.39, 0.29) is 69.9 Å². The molecule has 12 atom stereocenters. The number of unbranched alkanes of at least 4 members (excludes halogenated alkanes) is 1. The molecule has 0 fully saturated rings. The van der Waals surface area contributed by atoms with Crippen LogP contribution in [0.4, 0.5) is 0 Å². The molecule has 14 amide bonds. The van der Waals surface area contributed by atoms with Gasteiger partial charge in [-0.15, -0.1) is 0 Å². The number of aromatic nitrogens is 2. The van der Waals surface area contributed by atoms with E-state index in [1.54, 1.807) is 102 Å². The Labute approximate surface area is 614 Å². The number of carbonyl (C=O) groups excluding carboxylic acids is 14. The van der Waals surface area contributed by atoms with Crippen molar-refractivity contribution in [1.29, 1.82) is 0 Å². The molecule has 0 saturated heterocycles. The summed E-state index contributed by atoms with van der Waals surface area (Å²) in [5.74, 6) is -16.5. The maximum Gasteiger partial charge on any atom is 0.326 e. The number of amides is 14. The van der Waals surface area contributed by atoms with Crippen LogP contribution in [0.25, 0.3) is 0 Å². The highest BCUT2D eigenvalue weighted by atomic mass is 16.4. The predicted octanol–water partition coefficient (Wildman–Crippen LogP) is -4.85. The Hall–Kier alpha value is -11.1. The highest BCUT2D eigenvalue weighted by Crippen LogP contribution is 2.15. The highest BCUT2D eigenvalue weighted by molar-refractivity contribution is 6.00. The van der Waals surface area contributed by atoms with Gasteiger partial charge in [0.15, 0.2) is 5.96 Å². The van der Waals surface area contributed by atoms with E-state index in [0.29, 0.717) is 36.1 Å². The van der Waals surface area contributed by atoms with Crippen LogP contribution in [0.5, 0.6) is 0 Å². The number of nitrogens with one attached hydrogen (secondary N) is 12.